The highest BCUT2D eigenvalue weighted by Gasteiger charge is 2.24. The van der Waals surface area contributed by atoms with Crippen LogP contribution in [0.15, 0.2) is 24.4 Å². The van der Waals surface area contributed by atoms with Crippen LogP contribution in [0.1, 0.15) is 23.8 Å². The summed E-state index contributed by atoms with van der Waals surface area (Å²) in [5.41, 5.74) is 0.513. The summed E-state index contributed by atoms with van der Waals surface area (Å²) in [6.45, 7) is 3.65. The third kappa shape index (κ3) is 4.65. The Morgan fingerprint density at radius 1 is 1.25 bits per heavy atom. The average Bonchev–Trinajstić information content (AvgIpc) is 3.24. The molecule has 0 saturated carbocycles. The highest BCUT2D eigenvalue weighted by Crippen LogP contribution is 2.32. The van der Waals surface area contributed by atoms with Gasteiger partial charge in [-0.05, 0) is 46.1 Å². The third-order valence-corrected chi connectivity index (χ3v) is 5.13. The largest absolute Gasteiger partial charge is 0.309 e. The Balaban J connectivity index is 0.00000280. The molecule has 0 aliphatic heterocycles. The molecule has 6 nitrogen and oxygen atoms in total. The lowest BCUT2D eigenvalue weighted by molar-refractivity contribution is 0.0975. The number of carbonyl (C=O) groups excluding carboxylic acids is 1. The number of thiazole rings is 1. The van der Waals surface area contributed by atoms with Crippen LogP contribution in [-0.4, -0.2) is 52.8 Å². The average molecular weight is 430 g/mol. The van der Waals surface area contributed by atoms with Crippen LogP contribution in [0.2, 0.25) is 0 Å². The van der Waals surface area contributed by atoms with Crippen LogP contribution >= 0.6 is 23.7 Å². The van der Waals surface area contributed by atoms with Crippen molar-refractivity contribution in [1.82, 2.24) is 19.7 Å². The van der Waals surface area contributed by atoms with Gasteiger partial charge in [0.25, 0.3) is 5.91 Å². The van der Waals surface area contributed by atoms with Gasteiger partial charge in [0.05, 0.1) is 4.70 Å². The van der Waals surface area contributed by atoms with Crippen molar-refractivity contribution in [3.05, 3.63) is 41.7 Å². The minimum absolute atomic E-state index is 0. The van der Waals surface area contributed by atoms with E-state index in [1.165, 1.54) is 11.0 Å². The Bertz CT molecular complexity index is 959. The first-order valence-electron chi connectivity index (χ1n) is 8.64. The van der Waals surface area contributed by atoms with Crippen LogP contribution in [0.5, 0.6) is 0 Å². The summed E-state index contributed by atoms with van der Waals surface area (Å²) in [5.74, 6) is -1.65. The minimum atomic E-state index is -0.730. The zero-order valence-electron chi connectivity index (χ0n) is 15.9. The monoisotopic (exact) mass is 429 g/mol. The molecule has 0 spiro atoms. The molecule has 0 radical (unpaired) electrons. The van der Waals surface area contributed by atoms with Gasteiger partial charge in [-0.1, -0.05) is 11.3 Å². The molecular weight excluding hydrogens is 408 g/mol. The molecule has 10 heteroatoms. The highest BCUT2D eigenvalue weighted by molar-refractivity contribution is 7.22. The van der Waals surface area contributed by atoms with Crippen molar-refractivity contribution in [3.63, 3.8) is 0 Å². The van der Waals surface area contributed by atoms with E-state index in [4.69, 9.17) is 0 Å². The Labute approximate surface area is 172 Å². The number of hydrogen-bond acceptors (Lipinski definition) is 5. The molecule has 2 aromatic heterocycles. The first-order chi connectivity index (χ1) is 12.9. The van der Waals surface area contributed by atoms with Crippen LogP contribution in [0.25, 0.3) is 10.2 Å². The number of aryl methyl sites for hydroxylation is 1. The summed E-state index contributed by atoms with van der Waals surface area (Å²) < 4.78 is 29.6. The molecule has 0 N–H and O–H groups in total. The first-order valence-corrected chi connectivity index (χ1v) is 9.46. The van der Waals surface area contributed by atoms with Gasteiger partial charge in [-0.3, -0.25) is 14.4 Å². The molecule has 0 aliphatic rings. The van der Waals surface area contributed by atoms with Gasteiger partial charge in [0, 0.05) is 25.4 Å². The zero-order chi connectivity index (χ0) is 19.6. The van der Waals surface area contributed by atoms with Crippen molar-refractivity contribution < 1.29 is 13.6 Å². The maximum atomic E-state index is 14.1. The van der Waals surface area contributed by atoms with Crippen molar-refractivity contribution in [2.75, 3.05) is 32.1 Å². The number of aromatic nitrogens is 3. The van der Waals surface area contributed by atoms with E-state index in [0.29, 0.717) is 35.0 Å². The molecule has 0 atom stereocenters. The van der Waals surface area contributed by atoms with Crippen molar-refractivity contribution in [1.29, 1.82) is 0 Å². The molecule has 0 fully saturated rings. The predicted octanol–water partition coefficient (Wildman–Crippen LogP) is 3.81. The number of anilines is 1. The molecular formula is C18H22ClF2N5OS. The molecule has 0 aliphatic carbocycles. The molecule has 0 unspecified atom stereocenters. The van der Waals surface area contributed by atoms with Gasteiger partial charge in [0.2, 0.25) is 0 Å². The lowest BCUT2D eigenvalue weighted by Crippen LogP contribution is -2.34. The summed E-state index contributed by atoms with van der Waals surface area (Å²) in [7, 11) is 3.91. The Hall–Kier alpha value is -2.10. The third-order valence-electron chi connectivity index (χ3n) is 4.10. The van der Waals surface area contributed by atoms with Gasteiger partial charge >= 0.3 is 0 Å². The number of carbonyl (C=O) groups is 1. The van der Waals surface area contributed by atoms with Crippen LogP contribution in [0, 0.1) is 11.6 Å². The summed E-state index contributed by atoms with van der Waals surface area (Å²) in [6.07, 6.45) is 2.29. The quantitative estimate of drug-likeness (QED) is 0.573. The summed E-state index contributed by atoms with van der Waals surface area (Å²) >= 11 is 1.10. The van der Waals surface area contributed by atoms with Crippen LogP contribution in [-0.2, 0) is 6.54 Å². The van der Waals surface area contributed by atoms with Crippen LogP contribution in [0.4, 0.5) is 13.9 Å². The number of halogens is 3. The Kier molecular flexibility index (Phi) is 7.45. The molecule has 28 heavy (non-hydrogen) atoms. The number of nitrogens with zero attached hydrogens (tertiary/aromatic N) is 5. The van der Waals surface area contributed by atoms with Crippen molar-refractivity contribution in [2.24, 2.45) is 0 Å². The first kappa shape index (κ1) is 22.2. The Morgan fingerprint density at radius 2 is 2.00 bits per heavy atom. The summed E-state index contributed by atoms with van der Waals surface area (Å²) in [4.78, 5) is 21.0. The normalized spacial score (nSPS) is 11.1. The number of fused-ring (bicyclic) bond motifs is 1. The lowest BCUT2D eigenvalue weighted by Gasteiger charge is -2.21. The topological polar surface area (TPSA) is 54.3 Å². The molecule has 152 valence electrons. The van der Waals surface area contributed by atoms with E-state index in [2.05, 4.69) is 10.1 Å². The van der Waals surface area contributed by atoms with Gasteiger partial charge in [-0.2, -0.15) is 5.10 Å². The number of rotatable bonds is 7. The fourth-order valence-corrected chi connectivity index (χ4v) is 3.82. The standard InChI is InChI=1S/C18H21F2N5OS.ClH/c1-4-25-14(6-7-21-25)17(26)24(9-5-8-23(2)3)18-22-16-13(20)10-12(19)11-15(16)27-18;/h6-7,10-11H,4-5,8-9H2,1-3H3;1H. The fraction of sp³-hybridized carbons (Fsp3) is 0.389. The lowest BCUT2D eigenvalue weighted by atomic mass is 10.3. The summed E-state index contributed by atoms with van der Waals surface area (Å²) in [6, 6.07) is 3.69. The van der Waals surface area contributed by atoms with E-state index in [1.807, 2.05) is 25.9 Å². The van der Waals surface area contributed by atoms with E-state index in [9.17, 15) is 13.6 Å². The molecule has 2 heterocycles. The minimum Gasteiger partial charge on any atom is -0.309 e. The van der Waals surface area contributed by atoms with Crippen molar-refractivity contribution in [3.8, 4) is 0 Å². The van der Waals surface area contributed by atoms with Crippen molar-refractivity contribution in [2.45, 2.75) is 19.9 Å². The number of amides is 1. The van der Waals surface area contributed by atoms with Crippen LogP contribution in [0.3, 0.4) is 0 Å². The molecule has 3 aromatic rings. The van der Waals surface area contributed by atoms with Gasteiger partial charge in [-0.25, -0.2) is 13.8 Å². The summed E-state index contributed by atoms with van der Waals surface area (Å²) in [5, 5.41) is 4.49. The number of benzene rings is 1. The molecule has 0 saturated heterocycles. The van der Waals surface area contributed by atoms with Crippen molar-refractivity contribution >= 4 is 45.0 Å². The zero-order valence-corrected chi connectivity index (χ0v) is 17.5. The maximum Gasteiger partial charge on any atom is 0.278 e. The second-order valence-electron chi connectivity index (χ2n) is 6.38. The Morgan fingerprint density at radius 3 is 2.68 bits per heavy atom. The van der Waals surface area contributed by atoms with Crippen LogP contribution < -0.4 is 4.90 Å². The maximum absolute atomic E-state index is 14.1. The van der Waals surface area contributed by atoms with E-state index >= 15 is 0 Å². The predicted molar refractivity (Wildman–Crippen MR) is 110 cm³/mol. The second-order valence-corrected chi connectivity index (χ2v) is 7.39. The molecule has 0 bridgehead atoms. The van der Waals surface area contributed by atoms with Gasteiger partial charge < -0.3 is 4.90 Å². The van der Waals surface area contributed by atoms with E-state index in [1.54, 1.807) is 16.9 Å². The SMILES string of the molecule is CCn1nccc1C(=O)N(CCCN(C)C)c1nc2c(F)cc(F)cc2s1.Cl. The van der Waals surface area contributed by atoms with Gasteiger partial charge in [0.15, 0.2) is 10.9 Å². The molecule has 1 aromatic carbocycles. The van der Waals surface area contributed by atoms with Gasteiger partial charge in [-0.15, -0.1) is 12.4 Å². The molecule has 1 amide bonds. The van der Waals surface area contributed by atoms with E-state index in [0.717, 1.165) is 23.9 Å². The molecule has 3 rings (SSSR count). The van der Waals surface area contributed by atoms with E-state index in [-0.39, 0.29) is 23.8 Å². The smallest absolute Gasteiger partial charge is 0.278 e. The number of hydrogen-bond donors (Lipinski definition) is 0. The van der Waals surface area contributed by atoms with Gasteiger partial charge in [0.1, 0.15) is 17.0 Å². The highest BCUT2D eigenvalue weighted by atomic mass is 35.5. The fourth-order valence-electron chi connectivity index (χ4n) is 2.79. The second kappa shape index (κ2) is 9.40. The van der Waals surface area contributed by atoms with E-state index < -0.39 is 11.6 Å².